The fourth-order valence-electron chi connectivity index (χ4n) is 4.12. The van der Waals surface area contributed by atoms with Crippen LogP contribution < -0.4 is 0 Å². The summed E-state index contributed by atoms with van der Waals surface area (Å²) in [4.78, 5) is 12.3. The van der Waals surface area contributed by atoms with Crippen molar-refractivity contribution >= 4 is 5.97 Å². The molecule has 2 aliphatic carbocycles. The second-order valence-corrected chi connectivity index (χ2v) is 7.38. The van der Waals surface area contributed by atoms with Crippen LogP contribution in [0.3, 0.4) is 0 Å². The van der Waals surface area contributed by atoms with Crippen molar-refractivity contribution in [3.05, 3.63) is 11.6 Å². The van der Waals surface area contributed by atoms with Gasteiger partial charge in [0.25, 0.3) is 0 Å². The van der Waals surface area contributed by atoms with E-state index in [0.29, 0.717) is 24.7 Å². The summed E-state index contributed by atoms with van der Waals surface area (Å²) < 4.78 is 11.1. The summed E-state index contributed by atoms with van der Waals surface area (Å²) in [5.74, 6) is 0.545. The van der Waals surface area contributed by atoms with Crippen LogP contribution in [0.2, 0.25) is 0 Å². The molecule has 0 radical (unpaired) electrons. The smallest absolute Gasteiger partial charge is 0.333 e. The lowest BCUT2D eigenvalue weighted by Gasteiger charge is -2.38. The lowest BCUT2D eigenvalue weighted by Crippen LogP contribution is -2.38. The Morgan fingerprint density at radius 2 is 2.05 bits per heavy atom. The molecule has 2 fully saturated rings. The number of hydrogen-bond donors (Lipinski definition) is 0. The highest BCUT2D eigenvalue weighted by Crippen LogP contribution is 2.66. The van der Waals surface area contributed by atoms with E-state index in [1.165, 1.54) is 12.8 Å². The van der Waals surface area contributed by atoms with E-state index in [9.17, 15) is 4.79 Å². The van der Waals surface area contributed by atoms with E-state index >= 15 is 0 Å². The zero-order valence-electron chi connectivity index (χ0n) is 14.2. The van der Waals surface area contributed by atoms with E-state index in [1.807, 2.05) is 19.9 Å². The van der Waals surface area contributed by atoms with Gasteiger partial charge in [-0.3, -0.25) is 0 Å². The Hall–Kier alpha value is -0.830. The molecule has 0 N–H and O–H groups in total. The molecular weight excluding hydrogens is 264 g/mol. The van der Waals surface area contributed by atoms with Crippen LogP contribution >= 0.6 is 0 Å². The Kier molecular flexibility index (Phi) is 4.82. The topological polar surface area (TPSA) is 35.5 Å². The highest BCUT2D eigenvalue weighted by molar-refractivity contribution is 5.87. The average Bonchev–Trinajstić information content (AvgIpc) is 2.76. The number of hydrogen-bond acceptors (Lipinski definition) is 3. The third-order valence-corrected chi connectivity index (χ3v) is 6.20. The van der Waals surface area contributed by atoms with E-state index in [1.54, 1.807) is 0 Å². The molecule has 2 aliphatic rings. The lowest BCUT2D eigenvalue weighted by molar-refractivity contribution is -0.152. The molecule has 2 saturated carbocycles. The van der Waals surface area contributed by atoms with Crippen molar-refractivity contribution in [2.24, 2.45) is 16.7 Å². The monoisotopic (exact) mass is 294 g/mol. The van der Waals surface area contributed by atoms with Gasteiger partial charge in [0.2, 0.25) is 0 Å². The Morgan fingerprint density at radius 3 is 2.57 bits per heavy atom. The van der Waals surface area contributed by atoms with Gasteiger partial charge in [0.05, 0.1) is 6.61 Å². The first kappa shape index (κ1) is 16.5. The molecule has 3 heteroatoms. The summed E-state index contributed by atoms with van der Waals surface area (Å²) in [7, 11) is 0. The van der Waals surface area contributed by atoms with E-state index < -0.39 is 0 Å². The van der Waals surface area contributed by atoms with Crippen molar-refractivity contribution < 1.29 is 14.3 Å². The second kappa shape index (κ2) is 6.12. The molecule has 0 amide bonds. The van der Waals surface area contributed by atoms with Gasteiger partial charge in [0.15, 0.2) is 0 Å². The zero-order chi connectivity index (χ0) is 15.7. The molecule has 3 nitrogen and oxygen atoms in total. The third kappa shape index (κ3) is 2.90. The largest absolute Gasteiger partial charge is 0.458 e. The summed E-state index contributed by atoms with van der Waals surface area (Å²) in [5.41, 5.74) is 1.13. The molecular formula is C18H30O3. The van der Waals surface area contributed by atoms with Crippen LogP contribution in [0.4, 0.5) is 0 Å². The van der Waals surface area contributed by atoms with Gasteiger partial charge < -0.3 is 9.47 Å². The number of fused-ring (bicyclic) bond motifs is 2. The Morgan fingerprint density at radius 1 is 1.33 bits per heavy atom. The first-order chi connectivity index (χ1) is 9.83. The van der Waals surface area contributed by atoms with Gasteiger partial charge >= 0.3 is 5.97 Å². The minimum absolute atomic E-state index is 0.0778. The van der Waals surface area contributed by atoms with Crippen LogP contribution in [-0.4, -0.2) is 25.3 Å². The van der Waals surface area contributed by atoms with Crippen molar-refractivity contribution in [1.29, 1.82) is 0 Å². The predicted octanol–water partition coefficient (Wildman–Crippen LogP) is 4.12. The van der Waals surface area contributed by atoms with E-state index in [-0.39, 0.29) is 22.9 Å². The summed E-state index contributed by atoms with van der Waals surface area (Å²) in [6.45, 7) is 12.2. The number of carbonyl (C=O) groups excluding carboxylic acids is 1. The highest BCUT2D eigenvalue weighted by atomic mass is 16.5. The summed E-state index contributed by atoms with van der Waals surface area (Å²) >= 11 is 0. The van der Waals surface area contributed by atoms with Gasteiger partial charge in [-0.05, 0) is 50.9 Å². The van der Waals surface area contributed by atoms with Crippen LogP contribution in [0.5, 0.6) is 0 Å². The fraction of sp³-hybridized carbons (Fsp3) is 0.833. The molecule has 1 unspecified atom stereocenters. The molecule has 0 aromatic rings. The maximum atomic E-state index is 12.3. The van der Waals surface area contributed by atoms with Gasteiger partial charge in [-0.15, -0.1) is 0 Å². The van der Waals surface area contributed by atoms with Gasteiger partial charge in [-0.2, -0.15) is 0 Å². The van der Waals surface area contributed by atoms with Crippen LogP contribution in [0.25, 0.3) is 0 Å². The maximum absolute atomic E-state index is 12.3. The van der Waals surface area contributed by atoms with E-state index in [0.717, 1.165) is 12.8 Å². The van der Waals surface area contributed by atoms with Gasteiger partial charge in [0, 0.05) is 17.6 Å². The second-order valence-electron chi connectivity index (χ2n) is 7.38. The zero-order valence-corrected chi connectivity index (χ0v) is 14.2. The number of esters is 1. The average molecular weight is 294 g/mol. The number of carbonyl (C=O) groups is 1. The SMILES string of the molecule is CCOCCC=C(C)C(=O)OC1C[C@H]2CC[C@@]1(C)C2(C)C. The number of ether oxygens (including phenoxy) is 2. The quantitative estimate of drug-likeness (QED) is 0.420. The van der Waals surface area contributed by atoms with Crippen molar-refractivity contribution in [1.82, 2.24) is 0 Å². The van der Waals surface area contributed by atoms with Crippen molar-refractivity contribution in [3.63, 3.8) is 0 Å². The Bertz CT molecular complexity index is 424. The summed E-state index contributed by atoms with van der Waals surface area (Å²) in [6, 6.07) is 0. The molecule has 0 heterocycles. The van der Waals surface area contributed by atoms with Crippen molar-refractivity contribution in [2.45, 2.75) is 66.4 Å². The van der Waals surface area contributed by atoms with Gasteiger partial charge in [-0.25, -0.2) is 4.79 Å². The molecule has 2 rings (SSSR count). The number of rotatable bonds is 6. The Labute approximate surface area is 129 Å². The molecule has 2 bridgehead atoms. The van der Waals surface area contributed by atoms with Crippen molar-refractivity contribution in [2.75, 3.05) is 13.2 Å². The molecule has 0 saturated heterocycles. The van der Waals surface area contributed by atoms with Crippen LogP contribution in [-0.2, 0) is 14.3 Å². The highest BCUT2D eigenvalue weighted by Gasteiger charge is 2.62. The lowest BCUT2D eigenvalue weighted by atomic mass is 9.70. The molecule has 0 spiro atoms. The van der Waals surface area contributed by atoms with Gasteiger partial charge in [0.1, 0.15) is 6.10 Å². The van der Waals surface area contributed by atoms with Gasteiger partial charge in [-0.1, -0.05) is 26.8 Å². The molecule has 21 heavy (non-hydrogen) atoms. The van der Waals surface area contributed by atoms with Crippen LogP contribution in [0.15, 0.2) is 11.6 Å². The minimum Gasteiger partial charge on any atom is -0.458 e. The van der Waals surface area contributed by atoms with Crippen molar-refractivity contribution in [3.8, 4) is 0 Å². The summed E-state index contributed by atoms with van der Waals surface area (Å²) in [6.07, 6.45) is 6.26. The molecule has 0 aliphatic heterocycles. The standard InChI is InChI=1S/C18H30O3/c1-6-20-11-7-8-13(2)16(19)21-15-12-14-9-10-18(15,5)17(14,3)4/h8,14-15H,6-7,9-12H2,1-5H3/t14-,15?,18-/m1/s1. The maximum Gasteiger partial charge on any atom is 0.333 e. The fourth-order valence-corrected chi connectivity index (χ4v) is 4.12. The first-order valence-corrected chi connectivity index (χ1v) is 8.28. The predicted molar refractivity (Wildman–Crippen MR) is 84.0 cm³/mol. The normalized spacial score (nSPS) is 34.2. The molecule has 3 atom stereocenters. The molecule has 120 valence electrons. The summed E-state index contributed by atoms with van der Waals surface area (Å²) in [5, 5.41) is 0. The van der Waals surface area contributed by atoms with E-state index in [4.69, 9.17) is 9.47 Å². The minimum atomic E-state index is -0.152. The van der Waals surface area contributed by atoms with Crippen LogP contribution in [0, 0.1) is 16.7 Å². The van der Waals surface area contributed by atoms with Crippen LogP contribution in [0.1, 0.15) is 60.3 Å². The Balaban J connectivity index is 1.92. The molecule has 0 aromatic heterocycles. The van der Waals surface area contributed by atoms with E-state index in [2.05, 4.69) is 20.8 Å². The first-order valence-electron chi connectivity index (χ1n) is 8.28. The third-order valence-electron chi connectivity index (χ3n) is 6.20. The molecule has 0 aromatic carbocycles.